The van der Waals surface area contributed by atoms with E-state index in [0.29, 0.717) is 92.0 Å². The fourth-order valence-electron chi connectivity index (χ4n) is 10.7. The number of nitrogens with zero attached hydrogens (tertiary/aromatic N) is 3. The highest BCUT2D eigenvalue weighted by atomic mass is 31.2. The third kappa shape index (κ3) is 53.2. The third-order valence-corrected chi connectivity index (χ3v) is 16.9. The molecule has 14 heteroatoms. The number of methoxy groups -OCH3 is 3. The minimum atomic E-state index is -4.35. The van der Waals surface area contributed by atoms with Crippen LogP contribution in [0, 0.1) is 0 Å². The van der Waals surface area contributed by atoms with Crippen molar-refractivity contribution in [2.75, 3.05) is 144 Å². The molecule has 0 heterocycles. The van der Waals surface area contributed by atoms with E-state index in [-0.39, 0.29) is 18.3 Å². The Balaban J connectivity index is 6.30. The molecule has 0 aromatic carbocycles. The van der Waals surface area contributed by atoms with Gasteiger partial charge in [-0.3, -0.25) is 13.6 Å². The minimum absolute atomic E-state index is 0.275. The molecular weight excluding hydrogens is 1030 g/mol. The molecule has 0 saturated heterocycles. The van der Waals surface area contributed by atoms with Gasteiger partial charge in [0.1, 0.15) is 37.9 Å². The molecule has 0 aliphatic carbocycles. The Morgan fingerprint density at radius 2 is 0.475 bits per heavy atom. The summed E-state index contributed by atoms with van der Waals surface area (Å²) in [6.07, 6.45) is 41.6. The number of hydrogen-bond donors (Lipinski definition) is 0. The molecule has 0 aromatic heterocycles. The molecule has 0 fully saturated rings. The van der Waals surface area contributed by atoms with E-state index < -0.39 is 26.1 Å². The normalized spacial score (nSPS) is 15.7. The molecule has 0 spiro atoms. The van der Waals surface area contributed by atoms with Crippen LogP contribution >= 0.6 is 7.82 Å². The van der Waals surface area contributed by atoms with Gasteiger partial charge in [-0.05, 0) is 19.3 Å². The lowest BCUT2D eigenvalue weighted by Crippen LogP contribution is -2.46. The van der Waals surface area contributed by atoms with E-state index >= 15 is 4.57 Å². The summed E-state index contributed by atoms with van der Waals surface area (Å²) < 4.78 is 75.8. The van der Waals surface area contributed by atoms with Crippen molar-refractivity contribution in [2.45, 2.75) is 289 Å². The molecule has 80 heavy (non-hydrogen) atoms. The van der Waals surface area contributed by atoms with Gasteiger partial charge in [0, 0.05) is 60.4 Å². The number of likely N-dealkylation sites (N-methyl/N-ethyl adjacent to an activating group) is 3. The number of phosphoric acid groups is 1. The molecule has 0 aliphatic heterocycles. The van der Waals surface area contributed by atoms with E-state index in [1.807, 2.05) is 0 Å². The number of phosphoric ester groups is 1. The van der Waals surface area contributed by atoms with Crippen LogP contribution in [-0.4, -0.2) is 194 Å². The Morgan fingerprint density at radius 1 is 0.287 bits per heavy atom. The van der Waals surface area contributed by atoms with Gasteiger partial charge in [-0.15, -0.1) is 0 Å². The van der Waals surface area contributed by atoms with Crippen LogP contribution in [-0.2, 0) is 46.6 Å². The maximum Gasteiger partial charge on any atom is 0.476 e. The van der Waals surface area contributed by atoms with Crippen molar-refractivity contribution < 1.29 is 60.0 Å². The highest BCUT2D eigenvalue weighted by Crippen LogP contribution is 2.54. The van der Waals surface area contributed by atoms with Gasteiger partial charge in [0.25, 0.3) is 0 Å². The van der Waals surface area contributed by atoms with Crippen molar-refractivity contribution >= 4 is 7.82 Å². The van der Waals surface area contributed by atoms with Crippen LogP contribution in [0.5, 0.6) is 0 Å². The van der Waals surface area contributed by atoms with E-state index in [1.165, 1.54) is 193 Å². The van der Waals surface area contributed by atoms with Crippen LogP contribution in [0.2, 0.25) is 0 Å². The minimum Gasteiger partial charge on any atom is -0.379 e. The maximum atomic E-state index is 16.1. The second-order valence-corrected chi connectivity index (χ2v) is 28.7. The highest BCUT2D eigenvalue weighted by Gasteiger charge is 2.43. The van der Waals surface area contributed by atoms with E-state index in [0.717, 1.165) is 19.3 Å². The molecule has 482 valence electrons. The Labute approximate surface area is 498 Å². The van der Waals surface area contributed by atoms with Crippen LogP contribution in [0.25, 0.3) is 0 Å². The molecule has 0 aromatic rings. The van der Waals surface area contributed by atoms with Gasteiger partial charge >= 0.3 is 7.82 Å². The SMILES string of the molecule is CCCCCCCCCCCCCOCC(CC(C[N+](C)(C)C)OP(=O)(OC(CC(COCCCCCCCCCCCCC)OC)C[N+](C)(C)C)OC(CC(COCCCCCCCCCCCCC)OC)C[N+](C)(C)C)OC. The summed E-state index contributed by atoms with van der Waals surface area (Å²) in [7, 11) is 20.0. The molecule has 6 atom stereocenters. The standard InChI is InChI=1S/C66H141N3O10P/c1-16-19-22-25-28-31-34-37-40-43-46-49-74-58-64(71-13)52-61(55-67(4,5)6)77-80(70,78-62(56-68(7,8)9)53-65(72-14)59-75-50-47-44-41-38-35-32-29-26-23-20-17-2)79-63(57-69(10,11)12)54-66(73-15)60-76-51-48-45-42-39-36-33-30-27-24-21-18-3/h61-66H,16-60H2,1-15H3/q+3. The highest BCUT2D eigenvalue weighted by molar-refractivity contribution is 7.48. The van der Waals surface area contributed by atoms with Gasteiger partial charge in [-0.25, -0.2) is 4.57 Å². The van der Waals surface area contributed by atoms with Crippen molar-refractivity contribution in [3.63, 3.8) is 0 Å². The summed E-state index contributed by atoms with van der Waals surface area (Å²) in [4.78, 5) is 0. The fourth-order valence-corrected chi connectivity index (χ4v) is 12.4. The third-order valence-electron chi connectivity index (χ3n) is 15.3. The Morgan fingerprint density at radius 3 is 0.650 bits per heavy atom. The molecule has 6 unspecified atom stereocenters. The van der Waals surface area contributed by atoms with Gasteiger partial charge in [-0.1, -0.05) is 213 Å². The smallest absolute Gasteiger partial charge is 0.379 e. The fraction of sp³-hybridized carbons (Fsp3) is 1.00. The van der Waals surface area contributed by atoms with Gasteiger partial charge in [0.2, 0.25) is 0 Å². The average molecular weight is 1170 g/mol. The van der Waals surface area contributed by atoms with E-state index in [2.05, 4.69) is 84.2 Å². The summed E-state index contributed by atoms with van der Waals surface area (Å²) in [6.45, 7) is 11.8. The summed E-state index contributed by atoms with van der Waals surface area (Å²) in [6, 6.07) is 0. The second-order valence-electron chi connectivity index (χ2n) is 27.2. The van der Waals surface area contributed by atoms with Crippen molar-refractivity contribution in [2.24, 2.45) is 0 Å². The quantitative estimate of drug-likeness (QED) is 0.0332. The second kappa shape index (κ2) is 51.9. The summed E-state index contributed by atoms with van der Waals surface area (Å²) in [5, 5.41) is 0. The zero-order valence-electron chi connectivity index (χ0n) is 56.2. The number of unbranched alkanes of at least 4 members (excludes halogenated alkanes) is 30. The van der Waals surface area contributed by atoms with Crippen LogP contribution in [0.4, 0.5) is 0 Å². The first kappa shape index (κ1) is 79.8. The Bertz CT molecular complexity index is 1210. The number of hydrogen-bond acceptors (Lipinski definition) is 10. The Hall–Kier alpha value is -0.250. The number of ether oxygens (including phenoxy) is 6. The van der Waals surface area contributed by atoms with Crippen molar-refractivity contribution in [1.82, 2.24) is 0 Å². The van der Waals surface area contributed by atoms with Crippen molar-refractivity contribution in [3.05, 3.63) is 0 Å². The predicted molar refractivity (Wildman–Crippen MR) is 339 cm³/mol. The topological polar surface area (TPSA) is 100 Å². The monoisotopic (exact) mass is 1170 g/mol. The summed E-state index contributed by atoms with van der Waals surface area (Å²) in [5.74, 6) is 0. The zero-order chi connectivity index (χ0) is 59.6. The molecule has 0 bridgehead atoms. The van der Waals surface area contributed by atoms with E-state index in [4.69, 9.17) is 42.0 Å². The van der Waals surface area contributed by atoms with Gasteiger partial charge in [-0.2, -0.15) is 0 Å². The largest absolute Gasteiger partial charge is 0.476 e. The van der Waals surface area contributed by atoms with E-state index in [9.17, 15) is 0 Å². The van der Waals surface area contributed by atoms with Gasteiger partial charge in [0.15, 0.2) is 0 Å². The van der Waals surface area contributed by atoms with Crippen LogP contribution in [0.3, 0.4) is 0 Å². The van der Waals surface area contributed by atoms with E-state index in [1.54, 1.807) is 21.3 Å². The summed E-state index contributed by atoms with van der Waals surface area (Å²) >= 11 is 0. The van der Waals surface area contributed by atoms with Gasteiger partial charge in [0.05, 0.1) is 102 Å². The lowest BCUT2D eigenvalue weighted by atomic mass is 10.1. The Kier molecular flexibility index (Phi) is 51.8. The first-order valence-corrected chi connectivity index (χ1v) is 35.1. The molecular formula is C66H141N3O10P+3. The lowest BCUT2D eigenvalue weighted by molar-refractivity contribution is -0.874. The molecule has 0 radical (unpaired) electrons. The maximum absolute atomic E-state index is 16.1. The van der Waals surface area contributed by atoms with Crippen LogP contribution in [0.1, 0.15) is 252 Å². The number of rotatable bonds is 63. The predicted octanol–water partition coefficient (Wildman–Crippen LogP) is 16.6. The van der Waals surface area contributed by atoms with Crippen molar-refractivity contribution in [1.29, 1.82) is 0 Å². The molecule has 0 saturated carbocycles. The first-order chi connectivity index (χ1) is 38.2. The molecule has 0 N–H and O–H groups in total. The molecule has 0 amide bonds. The lowest BCUT2D eigenvalue weighted by Gasteiger charge is -2.37. The average Bonchev–Trinajstić information content (AvgIpc) is 3.38. The van der Waals surface area contributed by atoms with Crippen molar-refractivity contribution in [3.8, 4) is 0 Å². The number of quaternary nitrogens is 3. The summed E-state index contributed by atoms with van der Waals surface area (Å²) in [5.41, 5.74) is 0. The molecule has 13 nitrogen and oxygen atoms in total. The van der Waals surface area contributed by atoms with Gasteiger partial charge < -0.3 is 41.9 Å². The molecule has 0 rings (SSSR count). The zero-order valence-corrected chi connectivity index (χ0v) is 57.0. The van der Waals surface area contributed by atoms with Crippen LogP contribution < -0.4 is 0 Å². The molecule has 0 aliphatic rings. The van der Waals surface area contributed by atoms with Crippen LogP contribution in [0.15, 0.2) is 0 Å². The first-order valence-electron chi connectivity index (χ1n) is 33.6.